The van der Waals surface area contributed by atoms with Crippen LogP contribution in [0.2, 0.25) is 5.02 Å². The van der Waals surface area contributed by atoms with E-state index in [0.717, 1.165) is 17.4 Å². The van der Waals surface area contributed by atoms with Crippen molar-refractivity contribution in [2.24, 2.45) is 0 Å². The van der Waals surface area contributed by atoms with Crippen molar-refractivity contribution in [1.82, 2.24) is 5.32 Å². The van der Waals surface area contributed by atoms with Gasteiger partial charge in [0.25, 0.3) is 17.6 Å². The SMILES string of the molecule is C#CC(C)(C)NC(=O)C(=O)c1sc(C)c(C(=O)Nc2ccc(F)c(Cl)c2)c1C. The van der Waals surface area contributed by atoms with Crippen LogP contribution in [-0.4, -0.2) is 23.1 Å². The van der Waals surface area contributed by atoms with Crippen LogP contribution in [0.4, 0.5) is 10.1 Å². The number of halogens is 2. The number of anilines is 1. The Labute approximate surface area is 171 Å². The van der Waals surface area contributed by atoms with E-state index in [1.54, 1.807) is 27.7 Å². The van der Waals surface area contributed by atoms with Crippen LogP contribution in [0.25, 0.3) is 0 Å². The summed E-state index contributed by atoms with van der Waals surface area (Å²) in [5.41, 5.74) is -0.0119. The van der Waals surface area contributed by atoms with Crippen molar-refractivity contribution in [2.45, 2.75) is 33.2 Å². The number of nitrogens with one attached hydrogen (secondary N) is 2. The summed E-state index contributed by atoms with van der Waals surface area (Å²) < 4.78 is 13.3. The lowest BCUT2D eigenvalue weighted by molar-refractivity contribution is -0.117. The molecule has 0 unspecified atom stereocenters. The first kappa shape index (κ1) is 21.6. The Balaban J connectivity index is 2.28. The van der Waals surface area contributed by atoms with Crippen LogP contribution in [0, 0.1) is 32.0 Å². The monoisotopic (exact) mass is 420 g/mol. The molecule has 0 fully saturated rings. The molecule has 0 radical (unpaired) electrons. The topological polar surface area (TPSA) is 75.3 Å². The third-order valence-corrected chi connectivity index (χ3v) is 5.42. The number of Topliss-reactive ketones (excluding diaryl/α,β-unsaturated/α-hetero) is 1. The number of hydrogen-bond donors (Lipinski definition) is 2. The van der Waals surface area contributed by atoms with Gasteiger partial charge in [-0.1, -0.05) is 17.5 Å². The van der Waals surface area contributed by atoms with Gasteiger partial charge in [0, 0.05) is 10.6 Å². The van der Waals surface area contributed by atoms with Crippen molar-refractivity contribution >= 4 is 46.2 Å². The first-order valence-electron chi connectivity index (χ1n) is 8.18. The second-order valence-electron chi connectivity index (χ2n) is 6.62. The van der Waals surface area contributed by atoms with E-state index < -0.39 is 29.0 Å². The van der Waals surface area contributed by atoms with Gasteiger partial charge < -0.3 is 10.6 Å². The molecule has 2 aromatic rings. The molecule has 0 atom stereocenters. The Hall–Kier alpha value is -2.69. The number of carbonyl (C=O) groups is 3. The van der Waals surface area contributed by atoms with Gasteiger partial charge in [0.05, 0.1) is 21.0 Å². The molecule has 0 aliphatic heterocycles. The Kier molecular flexibility index (Phi) is 6.27. The van der Waals surface area contributed by atoms with Gasteiger partial charge in [-0.15, -0.1) is 17.8 Å². The van der Waals surface area contributed by atoms with Crippen molar-refractivity contribution < 1.29 is 18.8 Å². The minimum Gasteiger partial charge on any atom is -0.333 e. The molecule has 0 aliphatic carbocycles. The number of thiophene rings is 1. The fraction of sp³-hybridized carbons (Fsp3) is 0.250. The van der Waals surface area contributed by atoms with E-state index in [1.165, 1.54) is 12.1 Å². The minimum absolute atomic E-state index is 0.125. The van der Waals surface area contributed by atoms with E-state index in [0.29, 0.717) is 16.1 Å². The zero-order valence-corrected chi connectivity index (χ0v) is 17.3. The molecule has 0 aliphatic rings. The maximum absolute atomic E-state index is 13.3. The Morgan fingerprint density at radius 3 is 2.46 bits per heavy atom. The van der Waals surface area contributed by atoms with E-state index in [4.69, 9.17) is 18.0 Å². The maximum Gasteiger partial charge on any atom is 0.294 e. The second-order valence-corrected chi connectivity index (χ2v) is 8.25. The summed E-state index contributed by atoms with van der Waals surface area (Å²) in [7, 11) is 0. The highest BCUT2D eigenvalue weighted by Gasteiger charge is 2.29. The molecule has 0 spiro atoms. The van der Waals surface area contributed by atoms with Gasteiger partial charge in [-0.25, -0.2) is 4.39 Å². The standard InChI is InChI=1S/C20H18ClFN2O3S/c1-6-20(4,5)24-19(27)16(25)17-10(2)15(11(3)28-17)18(26)23-12-7-8-14(22)13(21)9-12/h1,7-9H,2-5H3,(H,23,26)(H,24,27). The molecule has 0 bridgehead atoms. The van der Waals surface area contributed by atoms with Crippen molar-refractivity contribution in [3.63, 3.8) is 0 Å². The molecule has 28 heavy (non-hydrogen) atoms. The van der Waals surface area contributed by atoms with Crippen LogP contribution in [0.5, 0.6) is 0 Å². The molecule has 2 amide bonds. The number of amides is 2. The highest BCUT2D eigenvalue weighted by molar-refractivity contribution is 7.15. The molecule has 0 saturated heterocycles. The largest absolute Gasteiger partial charge is 0.333 e. The summed E-state index contributed by atoms with van der Waals surface area (Å²) >= 11 is 6.77. The van der Waals surface area contributed by atoms with Crippen molar-refractivity contribution in [2.75, 3.05) is 5.32 Å². The lowest BCUT2D eigenvalue weighted by Gasteiger charge is -2.18. The molecule has 1 heterocycles. The van der Waals surface area contributed by atoms with E-state index in [1.807, 2.05) is 0 Å². The molecular weight excluding hydrogens is 403 g/mol. The lowest BCUT2D eigenvalue weighted by atomic mass is 10.0. The summed E-state index contributed by atoms with van der Waals surface area (Å²) in [5.74, 6) is -0.317. The summed E-state index contributed by atoms with van der Waals surface area (Å²) in [6.45, 7) is 6.45. The third kappa shape index (κ3) is 4.58. The van der Waals surface area contributed by atoms with Gasteiger partial charge in [-0.2, -0.15) is 0 Å². The third-order valence-electron chi connectivity index (χ3n) is 3.93. The van der Waals surface area contributed by atoms with Crippen LogP contribution in [0.3, 0.4) is 0 Å². The quantitative estimate of drug-likeness (QED) is 0.434. The first-order chi connectivity index (χ1) is 13.0. The number of hydrogen-bond acceptors (Lipinski definition) is 4. The fourth-order valence-electron chi connectivity index (χ4n) is 2.45. The second kappa shape index (κ2) is 8.13. The Morgan fingerprint density at radius 1 is 1.25 bits per heavy atom. The molecule has 5 nitrogen and oxygen atoms in total. The smallest absolute Gasteiger partial charge is 0.294 e. The highest BCUT2D eigenvalue weighted by Crippen LogP contribution is 2.29. The Bertz CT molecular complexity index is 1020. The van der Waals surface area contributed by atoms with E-state index in [9.17, 15) is 18.8 Å². The van der Waals surface area contributed by atoms with E-state index in [-0.39, 0.29) is 15.5 Å². The van der Waals surface area contributed by atoms with Crippen LogP contribution in [0.1, 0.15) is 44.3 Å². The summed E-state index contributed by atoms with van der Waals surface area (Å²) in [6.07, 6.45) is 5.33. The summed E-state index contributed by atoms with van der Waals surface area (Å²) in [6, 6.07) is 3.79. The van der Waals surface area contributed by atoms with E-state index in [2.05, 4.69) is 16.6 Å². The predicted molar refractivity (Wildman–Crippen MR) is 109 cm³/mol. The lowest BCUT2D eigenvalue weighted by Crippen LogP contribution is -2.45. The molecule has 1 aromatic carbocycles. The zero-order chi connectivity index (χ0) is 21.2. The van der Waals surface area contributed by atoms with Crippen LogP contribution in [0.15, 0.2) is 18.2 Å². The van der Waals surface area contributed by atoms with Gasteiger partial charge >= 0.3 is 0 Å². The number of rotatable bonds is 5. The van der Waals surface area contributed by atoms with Crippen LogP contribution in [-0.2, 0) is 4.79 Å². The number of ketones is 1. The van der Waals surface area contributed by atoms with Gasteiger partial charge in [0.1, 0.15) is 5.82 Å². The van der Waals surface area contributed by atoms with Crippen molar-refractivity contribution in [3.05, 3.63) is 49.9 Å². The van der Waals surface area contributed by atoms with E-state index >= 15 is 0 Å². The number of benzene rings is 1. The molecule has 2 N–H and O–H groups in total. The van der Waals surface area contributed by atoms with Crippen molar-refractivity contribution in [1.29, 1.82) is 0 Å². The fourth-order valence-corrected chi connectivity index (χ4v) is 3.73. The maximum atomic E-state index is 13.3. The van der Waals surface area contributed by atoms with Crippen LogP contribution < -0.4 is 10.6 Å². The first-order valence-corrected chi connectivity index (χ1v) is 9.37. The normalized spacial score (nSPS) is 10.9. The predicted octanol–water partition coefficient (Wildman–Crippen LogP) is 4.12. The Morgan fingerprint density at radius 2 is 1.89 bits per heavy atom. The average Bonchev–Trinajstić information content (AvgIpc) is 2.91. The molecule has 0 saturated carbocycles. The molecule has 2 rings (SSSR count). The average molecular weight is 421 g/mol. The molecule has 8 heteroatoms. The number of aryl methyl sites for hydroxylation is 1. The van der Waals surface area contributed by atoms with Gasteiger partial charge in [-0.3, -0.25) is 14.4 Å². The zero-order valence-electron chi connectivity index (χ0n) is 15.7. The minimum atomic E-state index is -0.977. The molecular formula is C20H18ClFN2O3S. The van der Waals surface area contributed by atoms with Crippen LogP contribution >= 0.6 is 22.9 Å². The molecule has 146 valence electrons. The summed E-state index contributed by atoms with van der Waals surface area (Å²) in [5, 5.41) is 4.96. The molecule has 1 aromatic heterocycles. The van der Waals surface area contributed by atoms with Gasteiger partial charge in [0.15, 0.2) is 0 Å². The van der Waals surface area contributed by atoms with Crippen molar-refractivity contribution in [3.8, 4) is 12.3 Å². The van der Waals surface area contributed by atoms with Gasteiger partial charge in [0.2, 0.25) is 0 Å². The highest BCUT2D eigenvalue weighted by atomic mass is 35.5. The number of carbonyl (C=O) groups excluding carboxylic acids is 3. The number of terminal acetylenes is 1. The summed E-state index contributed by atoms with van der Waals surface area (Å²) in [4.78, 5) is 38.1. The van der Waals surface area contributed by atoms with Gasteiger partial charge in [-0.05, 0) is 51.5 Å².